The molecule has 0 aromatic rings. The third-order valence-corrected chi connectivity index (χ3v) is 4.73. The van der Waals surface area contributed by atoms with Crippen molar-refractivity contribution in [3.05, 3.63) is 0 Å². The van der Waals surface area contributed by atoms with Crippen molar-refractivity contribution in [2.75, 3.05) is 31.1 Å². The number of hydrogen-bond acceptors (Lipinski definition) is 3. The molecule has 1 aliphatic heterocycles. The van der Waals surface area contributed by atoms with E-state index in [9.17, 15) is 8.42 Å². The highest BCUT2D eigenvalue weighted by Crippen LogP contribution is 2.08. The fourth-order valence-electron chi connectivity index (χ4n) is 1.84. The molecule has 1 saturated heterocycles. The lowest BCUT2D eigenvalue weighted by atomic mass is 10.2. The lowest BCUT2D eigenvalue weighted by Crippen LogP contribution is -2.38. The van der Waals surface area contributed by atoms with Crippen molar-refractivity contribution in [2.45, 2.75) is 32.6 Å². The third-order valence-electron chi connectivity index (χ3n) is 3.05. The molecule has 0 aromatic heterocycles. The van der Waals surface area contributed by atoms with Crippen LogP contribution in [0.5, 0.6) is 0 Å². The smallest absolute Gasteiger partial charge is 0.191 e. The Morgan fingerprint density at radius 1 is 1.22 bits per heavy atom. The number of sulfone groups is 1. The van der Waals surface area contributed by atoms with Crippen LogP contribution in [-0.4, -0.2) is 50.4 Å². The molecule has 18 heavy (non-hydrogen) atoms. The zero-order chi connectivity index (χ0) is 12.7. The van der Waals surface area contributed by atoms with Gasteiger partial charge >= 0.3 is 0 Å². The highest BCUT2D eigenvalue weighted by molar-refractivity contribution is 14.0. The van der Waals surface area contributed by atoms with Crippen LogP contribution in [-0.2, 0) is 9.84 Å². The van der Waals surface area contributed by atoms with Crippen molar-refractivity contribution in [1.29, 1.82) is 0 Å². The summed E-state index contributed by atoms with van der Waals surface area (Å²) in [6.07, 6.45) is 4.77. The van der Waals surface area contributed by atoms with Crippen LogP contribution < -0.4 is 5.73 Å². The van der Waals surface area contributed by atoms with Crippen LogP contribution in [0.3, 0.4) is 0 Å². The van der Waals surface area contributed by atoms with Crippen LogP contribution in [0.2, 0.25) is 0 Å². The SMILES string of the molecule is CCS(=O)(=O)CCN=C(N)N1CCCCCC1.I. The Labute approximate surface area is 127 Å². The summed E-state index contributed by atoms with van der Waals surface area (Å²) in [7, 11) is -2.93. The van der Waals surface area contributed by atoms with Crippen LogP contribution in [0.1, 0.15) is 32.6 Å². The maximum Gasteiger partial charge on any atom is 0.191 e. The normalized spacial score (nSPS) is 18.1. The van der Waals surface area contributed by atoms with Crippen molar-refractivity contribution in [3.63, 3.8) is 0 Å². The fourth-order valence-corrected chi connectivity index (χ4v) is 2.50. The number of halogens is 1. The zero-order valence-electron chi connectivity index (χ0n) is 11.0. The van der Waals surface area contributed by atoms with Crippen molar-refractivity contribution < 1.29 is 8.42 Å². The van der Waals surface area contributed by atoms with Gasteiger partial charge in [-0.15, -0.1) is 24.0 Å². The van der Waals surface area contributed by atoms with E-state index in [0.717, 1.165) is 25.9 Å². The minimum absolute atomic E-state index is 0. The Morgan fingerprint density at radius 3 is 2.28 bits per heavy atom. The molecular formula is C11H24IN3O2S. The summed E-state index contributed by atoms with van der Waals surface area (Å²) >= 11 is 0. The van der Waals surface area contributed by atoms with Gasteiger partial charge in [0.05, 0.1) is 12.3 Å². The van der Waals surface area contributed by atoms with Gasteiger partial charge in [0.25, 0.3) is 0 Å². The molecule has 1 rings (SSSR count). The van der Waals surface area contributed by atoms with Gasteiger partial charge in [-0.1, -0.05) is 19.8 Å². The molecule has 0 saturated carbocycles. The number of rotatable bonds is 4. The number of nitrogens with two attached hydrogens (primary N) is 1. The van der Waals surface area contributed by atoms with Crippen molar-refractivity contribution in [2.24, 2.45) is 10.7 Å². The standard InChI is InChI=1S/C11H23N3O2S.HI/c1-2-17(15,16)10-7-13-11(12)14-8-5-3-4-6-9-14;/h2-10H2,1H3,(H2,12,13);1H. The molecule has 0 spiro atoms. The molecule has 0 bridgehead atoms. The summed E-state index contributed by atoms with van der Waals surface area (Å²) in [5.74, 6) is 0.766. The summed E-state index contributed by atoms with van der Waals surface area (Å²) in [5, 5.41) is 0. The minimum Gasteiger partial charge on any atom is -0.370 e. The average Bonchev–Trinajstić information content (AvgIpc) is 2.57. The average molecular weight is 389 g/mol. The Kier molecular flexibility index (Phi) is 8.93. The Hall–Kier alpha value is -0.0500. The minimum atomic E-state index is -2.93. The largest absolute Gasteiger partial charge is 0.370 e. The van der Waals surface area contributed by atoms with Gasteiger partial charge in [-0.25, -0.2) is 8.42 Å². The van der Waals surface area contributed by atoms with Crippen LogP contribution >= 0.6 is 24.0 Å². The van der Waals surface area contributed by atoms with Crippen molar-refractivity contribution in [1.82, 2.24) is 4.90 Å². The molecule has 0 atom stereocenters. The van der Waals surface area contributed by atoms with Crippen LogP contribution in [0.15, 0.2) is 4.99 Å². The van der Waals surface area contributed by atoms with Gasteiger partial charge in [0.15, 0.2) is 15.8 Å². The number of likely N-dealkylation sites (tertiary alicyclic amines) is 1. The predicted molar refractivity (Wildman–Crippen MR) is 86.3 cm³/mol. The highest BCUT2D eigenvalue weighted by atomic mass is 127. The topological polar surface area (TPSA) is 75.8 Å². The predicted octanol–water partition coefficient (Wildman–Crippen LogP) is 1.23. The second-order valence-electron chi connectivity index (χ2n) is 4.38. The molecule has 7 heteroatoms. The van der Waals surface area contributed by atoms with Gasteiger partial charge in [0.2, 0.25) is 0 Å². The van der Waals surface area contributed by atoms with E-state index in [2.05, 4.69) is 9.89 Å². The molecular weight excluding hydrogens is 365 g/mol. The summed E-state index contributed by atoms with van der Waals surface area (Å²) in [4.78, 5) is 6.22. The molecule has 0 unspecified atom stereocenters. The van der Waals surface area contributed by atoms with Crippen LogP contribution in [0, 0.1) is 0 Å². The number of nitrogens with zero attached hydrogens (tertiary/aromatic N) is 2. The fraction of sp³-hybridized carbons (Fsp3) is 0.909. The van der Waals surface area contributed by atoms with Crippen LogP contribution in [0.4, 0.5) is 0 Å². The molecule has 5 nitrogen and oxygen atoms in total. The molecule has 0 amide bonds. The number of hydrogen-bond donors (Lipinski definition) is 1. The van der Waals surface area contributed by atoms with Crippen LogP contribution in [0.25, 0.3) is 0 Å². The first-order valence-corrected chi connectivity index (χ1v) is 8.12. The second kappa shape index (κ2) is 8.95. The molecule has 0 aliphatic carbocycles. The summed E-state index contributed by atoms with van der Waals surface area (Å²) < 4.78 is 22.6. The van der Waals surface area contributed by atoms with Gasteiger partial charge in [0.1, 0.15) is 0 Å². The van der Waals surface area contributed by atoms with Gasteiger partial charge in [-0.05, 0) is 12.8 Å². The summed E-state index contributed by atoms with van der Waals surface area (Å²) in [5.41, 5.74) is 5.87. The second-order valence-corrected chi connectivity index (χ2v) is 6.85. The maximum absolute atomic E-state index is 11.3. The Bertz CT molecular complexity index is 349. The zero-order valence-corrected chi connectivity index (χ0v) is 14.1. The maximum atomic E-state index is 11.3. The van der Waals surface area contributed by atoms with E-state index in [-0.39, 0.29) is 42.0 Å². The van der Waals surface area contributed by atoms with Crippen molar-refractivity contribution in [3.8, 4) is 0 Å². The monoisotopic (exact) mass is 389 g/mol. The Balaban J connectivity index is 0.00000289. The van der Waals surface area contributed by atoms with Gasteiger partial charge < -0.3 is 10.6 Å². The molecule has 1 heterocycles. The van der Waals surface area contributed by atoms with E-state index in [4.69, 9.17) is 5.73 Å². The van der Waals surface area contributed by atoms with Crippen molar-refractivity contribution >= 4 is 39.8 Å². The highest BCUT2D eigenvalue weighted by Gasteiger charge is 2.11. The van der Waals surface area contributed by atoms with Gasteiger partial charge in [0, 0.05) is 18.8 Å². The summed E-state index contributed by atoms with van der Waals surface area (Å²) in [6, 6.07) is 0. The molecule has 108 valence electrons. The molecule has 2 N–H and O–H groups in total. The molecule has 0 aromatic carbocycles. The lowest BCUT2D eigenvalue weighted by Gasteiger charge is -2.20. The number of aliphatic imine (C=N–C) groups is 1. The molecule has 0 radical (unpaired) electrons. The van der Waals surface area contributed by atoms with E-state index in [0.29, 0.717) is 5.96 Å². The van der Waals surface area contributed by atoms with Gasteiger partial charge in [-0.3, -0.25) is 4.99 Å². The quantitative estimate of drug-likeness (QED) is 0.446. The van der Waals surface area contributed by atoms with Gasteiger partial charge in [-0.2, -0.15) is 0 Å². The van der Waals surface area contributed by atoms with E-state index >= 15 is 0 Å². The van der Waals surface area contributed by atoms with E-state index in [1.807, 2.05) is 0 Å². The summed E-state index contributed by atoms with van der Waals surface area (Å²) in [6.45, 7) is 3.81. The first-order valence-electron chi connectivity index (χ1n) is 6.30. The Morgan fingerprint density at radius 2 is 1.78 bits per heavy atom. The van der Waals surface area contributed by atoms with E-state index in [1.54, 1.807) is 6.92 Å². The first kappa shape index (κ1) is 17.9. The molecule has 1 fully saturated rings. The third kappa shape index (κ3) is 6.77. The molecule has 1 aliphatic rings. The lowest BCUT2D eigenvalue weighted by molar-refractivity contribution is 0.429. The number of guanidine groups is 1. The first-order chi connectivity index (χ1) is 8.05. The van der Waals surface area contributed by atoms with E-state index < -0.39 is 9.84 Å². The van der Waals surface area contributed by atoms with E-state index in [1.165, 1.54) is 12.8 Å².